The van der Waals surface area contributed by atoms with Crippen LogP contribution < -0.4 is 15.4 Å². The van der Waals surface area contributed by atoms with Crippen LogP contribution in [-0.4, -0.2) is 53.1 Å². The van der Waals surface area contributed by atoms with Crippen LogP contribution >= 0.6 is 11.6 Å². The number of hydrogen-bond acceptors (Lipinski definition) is 6. The molecule has 2 aromatic carbocycles. The molecule has 36 heavy (non-hydrogen) atoms. The van der Waals surface area contributed by atoms with Crippen molar-refractivity contribution in [2.75, 3.05) is 38.6 Å². The van der Waals surface area contributed by atoms with Crippen molar-refractivity contribution in [2.45, 2.75) is 32.2 Å². The van der Waals surface area contributed by atoms with Gasteiger partial charge in [0, 0.05) is 61.1 Å². The highest BCUT2D eigenvalue weighted by molar-refractivity contribution is 6.33. The summed E-state index contributed by atoms with van der Waals surface area (Å²) >= 11 is 6.60. The number of aromatic nitrogens is 3. The maximum atomic E-state index is 6.60. The number of piperazine rings is 1. The van der Waals surface area contributed by atoms with E-state index in [1.165, 1.54) is 24.0 Å². The molecule has 4 aromatic rings. The third-order valence-corrected chi connectivity index (χ3v) is 7.41. The number of ether oxygens (including phenoxy) is 1. The molecule has 1 aliphatic heterocycles. The van der Waals surface area contributed by atoms with Gasteiger partial charge in [-0.15, -0.1) is 0 Å². The van der Waals surface area contributed by atoms with Gasteiger partial charge in [0.15, 0.2) is 0 Å². The highest BCUT2D eigenvalue weighted by Gasteiger charge is 2.25. The van der Waals surface area contributed by atoms with Gasteiger partial charge in [-0.2, -0.15) is 0 Å². The number of methoxy groups -OCH3 is 1. The normalized spacial score (nSPS) is 16.4. The van der Waals surface area contributed by atoms with Gasteiger partial charge in [-0.05, 0) is 66.6 Å². The molecule has 2 aliphatic rings. The maximum absolute atomic E-state index is 6.60. The van der Waals surface area contributed by atoms with Gasteiger partial charge in [0.1, 0.15) is 5.75 Å². The Morgan fingerprint density at radius 3 is 2.75 bits per heavy atom. The number of anilines is 2. The summed E-state index contributed by atoms with van der Waals surface area (Å²) in [5, 5.41) is 8.42. The van der Waals surface area contributed by atoms with E-state index in [4.69, 9.17) is 21.3 Å². The van der Waals surface area contributed by atoms with Gasteiger partial charge in [-0.25, -0.2) is 9.97 Å². The summed E-state index contributed by atoms with van der Waals surface area (Å²) in [5.74, 6) is 2.03. The molecule has 1 saturated carbocycles. The summed E-state index contributed by atoms with van der Waals surface area (Å²) < 4.78 is 5.55. The monoisotopic (exact) mass is 502 g/mol. The Morgan fingerprint density at radius 1 is 1.14 bits per heavy atom. The molecule has 2 aromatic heterocycles. The third kappa shape index (κ3) is 4.78. The van der Waals surface area contributed by atoms with Crippen LogP contribution in [0.3, 0.4) is 0 Å². The third-order valence-electron chi connectivity index (χ3n) is 7.13. The fourth-order valence-electron chi connectivity index (χ4n) is 5.08. The first-order valence-corrected chi connectivity index (χ1v) is 13.0. The molecule has 0 radical (unpaired) electrons. The molecule has 0 amide bonds. The predicted molar refractivity (Wildman–Crippen MR) is 145 cm³/mol. The summed E-state index contributed by atoms with van der Waals surface area (Å²) in [4.78, 5) is 15.2. The van der Waals surface area contributed by atoms with Crippen LogP contribution in [0.4, 0.5) is 11.6 Å². The van der Waals surface area contributed by atoms with Crippen molar-refractivity contribution in [1.82, 2.24) is 25.2 Å². The molecule has 0 bridgehead atoms. The number of rotatable bonds is 7. The zero-order valence-electron chi connectivity index (χ0n) is 20.7. The quantitative estimate of drug-likeness (QED) is 0.304. The van der Waals surface area contributed by atoms with Crippen LogP contribution in [0.15, 0.2) is 42.7 Å². The Balaban J connectivity index is 1.32. The molecule has 7 nitrogen and oxygen atoms in total. The van der Waals surface area contributed by atoms with E-state index in [0.29, 0.717) is 22.6 Å². The summed E-state index contributed by atoms with van der Waals surface area (Å²) in [6.07, 6.45) is 6.15. The van der Waals surface area contributed by atoms with Crippen LogP contribution in [0, 0.1) is 6.92 Å². The minimum Gasteiger partial charge on any atom is -0.496 e. The molecule has 0 atom stereocenters. The molecule has 8 heteroatoms. The van der Waals surface area contributed by atoms with E-state index in [9.17, 15) is 0 Å². The van der Waals surface area contributed by atoms with Gasteiger partial charge in [-0.3, -0.25) is 4.90 Å². The lowest BCUT2D eigenvalue weighted by atomic mass is 10.0. The van der Waals surface area contributed by atoms with Gasteiger partial charge in [0.25, 0.3) is 0 Å². The number of benzene rings is 2. The standard InChI is InChI=1S/C28H31ClN6O/c1-17-9-25-22(13-26(17)36-2)23(14-31-25)27-24(29)15-32-28(34-27)33-21-11-18(10-20(12-21)19-3-4-19)16-35-7-5-30-6-8-35/h9-15,19,30-31H,3-8,16H2,1-2H3,(H,32,33,34). The van der Waals surface area contributed by atoms with Crippen molar-refractivity contribution >= 4 is 34.1 Å². The Kier molecular flexibility index (Phi) is 6.29. The SMILES string of the molecule is COc1cc2c(-c3nc(Nc4cc(CN5CCNCC5)cc(C5CC5)c4)ncc3Cl)c[nH]c2cc1C. The van der Waals surface area contributed by atoms with E-state index in [-0.39, 0.29) is 0 Å². The molecule has 186 valence electrons. The topological polar surface area (TPSA) is 78.1 Å². The zero-order chi connectivity index (χ0) is 24.6. The molecule has 0 spiro atoms. The molecule has 1 aliphatic carbocycles. The smallest absolute Gasteiger partial charge is 0.227 e. The van der Waals surface area contributed by atoms with Crippen molar-refractivity contribution in [1.29, 1.82) is 0 Å². The van der Waals surface area contributed by atoms with Gasteiger partial charge in [0.05, 0.1) is 24.0 Å². The van der Waals surface area contributed by atoms with Crippen molar-refractivity contribution in [3.8, 4) is 17.0 Å². The van der Waals surface area contributed by atoms with Crippen molar-refractivity contribution in [3.05, 3.63) is 64.4 Å². The van der Waals surface area contributed by atoms with Crippen LogP contribution in [-0.2, 0) is 6.54 Å². The highest BCUT2D eigenvalue weighted by Crippen LogP contribution is 2.42. The number of H-pyrrole nitrogens is 1. The lowest BCUT2D eigenvalue weighted by Gasteiger charge is -2.27. The van der Waals surface area contributed by atoms with E-state index in [1.807, 2.05) is 19.2 Å². The van der Waals surface area contributed by atoms with E-state index >= 15 is 0 Å². The van der Waals surface area contributed by atoms with Gasteiger partial charge in [0.2, 0.25) is 5.95 Å². The summed E-state index contributed by atoms with van der Waals surface area (Å²) in [6, 6.07) is 11.0. The minimum absolute atomic E-state index is 0.507. The second kappa shape index (κ2) is 9.73. The first-order valence-electron chi connectivity index (χ1n) is 12.6. The first-order chi connectivity index (χ1) is 17.6. The van der Waals surface area contributed by atoms with Crippen LogP contribution in [0.1, 0.15) is 35.4 Å². The van der Waals surface area contributed by atoms with Crippen molar-refractivity contribution in [2.24, 2.45) is 0 Å². The maximum Gasteiger partial charge on any atom is 0.227 e. The van der Waals surface area contributed by atoms with Gasteiger partial charge < -0.3 is 20.4 Å². The predicted octanol–water partition coefficient (Wildman–Crippen LogP) is 5.62. The lowest BCUT2D eigenvalue weighted by Crippen LogP contribution is -2.42. The largest absolute Gasteiger partial charge is 0.496 e. The lowest BCUT2D eigenvalue weighted by molar-refractivity contribution is 0.233. The van der Waals surface area contributed by atoms with E-state index in [0.717, 1.165) is 66.2 Å². The molecular weight excluding hydrogens is 472 g/mol. The number of halogens is 1. The number of aryl methyl sites for hydroxylation is 1. The first kappa shape index (κ1) is 23.3. The molecule has 3 heterocycles. The molecule has 6 rings (SSSR count). The number of hydrogen-bond donors (Lipinski definition) is 3. The Morgan fingerprint density at radius 2 is 1.97 bits per heavy atom. The van der Waals surface area contributed by atoms with Crippen molar-refractivity contribution in [3.63, 3.8) is 0 Å². The zero-order valence-corrected chi connectivity index (χ0v) is 21.5. The second-order valence-corrected chi connectivity index (χ2v) is 10.3. The number of nitrogens with zero attached hydrogens (tertiary/aromatic N) is 3. The molecule has 1 saturated heterocycles. The van der Waals surface area contributed by atoms with Gasteiger partial charge in [-0.1, -0.05) is 17.7 Å². The van der Waals surface area contributed by atoms with E-state index in [2.05, 4.69) is 49.8 Å². The number of nitrogens with one attached hydrogen (secondary N) is 3. The minimum atomic E-state index is 0.507. The molecular formula is C28H31ClN6O. The Labute approximate surface area is 216 Å². The van der Waals surface area contributed by atoms with Crippen molar-refractivity contribution < 1.29 is 4.74 Å². The molecule has 2 fully saturated rings. The van der Waals surface area contributed by atoms with Crippen LogP contribution in [0.5, 0.6) is 5.75 Å². The number of fused-ring (bicyclic) bond motifs is 1. The summed E-state index contributed by atoms with van der Waals surface area (Å²) in [6.45, 7) is 7.25. The molecule has 0 unspecified atom stereocenters. The summed E-state index contributed by atoms with van der Waals surface area (Å²) in [5.41, 5.74) is 7.45. The van der Waals surface area contributed by atoms with Crippen LogP contribution in [0.25, 0.3) is 22.2 Å². The van der Waals surface area contributed by atoms with Gasteiger partial charge >= 0.3 is 0 Å². The van der Waals surface area contributed by atoms with E-state index in [1.54, 1.807) is 13.3 Å². The average molecular weight is 503 g/mol. The second-order valence-electron chi connectivity index (χ2n) is 9.85. The van der Waals surface area contributed by atoms with Crippen LogP contribution in [0.2, 0.25) is 5.02 Å². The highest BCUT2D eigenvalue weighted by atomic mass is 35.5. The Bertz CT molecular complexity index is 1410. The summed E-state index contributed by atoms with van der Waals surface area (Å²) in [7, 11) is 1.69. The van der Waals surface area contributed by atoms with E-state index < -0.39 is 0 Å². The number of aromatic amines is 1. The average Bonchev–Trinajstić information content (AvgIpc) is 3.66. The fourth-order valence-corrected chi connectivity index (χ4v) is 5.27. The molecule has 3 N–H and O–H groups in total. The fraction of sp³-hybridized carbons (Fsp3) is 0.357. The Hall–Kier alpha value is -3.13.